The Bertz CT molecular complexity index is 1250. The maximum Gasteiger partial charge on any atom is 0.282 e. The lowest BCUT2D eigenvalue weighted by atomic mass is 9.69. The quantitative estimate of drug-likeness (QED) is 0.533. The van der Waals surface area contributed by atoms with Crippen LogP contribution in [0.3, 0.4) is 0 Å². The molecule has 166 valence electrons. The van der Waals surface area contributed by atoms with Crippen LogP contribution in [0.4, 0.5) is 0 Å². The van der Waals surface area contributed by atoms with Crippen LogP contribution < -0.4 is 5.56 Å². The molecule has 4 nitrogen and oxygen atoms in total. The van der Waals surface area contributed by atoms with Gasteiger partial charge in [-0.3, -0.25) is 9.36 Å². The predicted molar refractivity (Wildman–Crippen MR) is 128 cm³/mol. The Morgan fingerprint density at radius 1 is 1.06 bits per heavy atom. The van der Waals surface area contributed by atoms with Crippen molar-refractivity contribution in [3.63, 3.8) is 0 Å². The highest BCUT2D eigenvalue weighted by atomic mass is 35.5. The fourth-order valence-electron chi connectivity index (χ4n) is 6.62. The van der Waals surface area contributed by atoms with Crippen LogP contribution in [0.1, 0.15) is 80.7 Å². The molecular formula is C27H29ClN2O2. The fourth-order valence-corrected chi connectivity index (χ4v) is 6.88. The summed E-state index contributed by atoms with van der Waals surface area (Å²) in [6.07, 6.45) is 10.1. The van der Waals surface area contributed by atoms with Crippen LogP contribution in [0, 0.1) is 5.92 Å². The Labute approximate surface area is 193 Å². The molecule has 2 fully saturated rings. The van der Waals surface area contributed by atoms with Gasteiger partial charge in [-0.15, -0.1) is 0 Å². The van der Waals surface area contributed by atoms with Gasteiger partial charge in [0.15, 0.2) is 0 Å². The van der Waals surface area contributed by atoms with Crippen LogP contribution in [0.25, 0.3) is 16.6 Å². The van der Waals surface area contributed by atoms with E-state index in [0.717, 1.165) is 68.4 Å². The van der Waals surface area contributed by atoms with Crippen molar-refractivity contribution in [3.8, 4) is 5.69 Å². The maximum absolute atomic E-state index is 13.1. The Morgan fingerprint density at radius 3 is 2.59 bits per heavy atom. The molecule has 3 aliphatic rings. The summed E-state index contributed by atoms with van der Waals surface area (Å²) in [4.78, 5) is 17.8. The van der Waals surface area contributed by atoms with E-state index in [-0.39, 0.29) is 11.0 Å². The molecule has 2 aromatic carbocycles. The summed E-state index contributed by atoms with van der Waals surface area (Å²) in [6.45, 7) is 0.310. The first-order valence-corrected chi connectivity index (χ1v) is 12.5. The highest BCUT2D eigenvalue weighted by Gasteiger charge is 2.46. The molecule has 5 heteroatoms. The smallest absolute Gasteiger partial charge is 0.282 e. The highest BCUT2D eigenvalue weighted by Crippen LogP contribution is 2.52. The number of nitrogens with zero attached hydrogens (tertiary/aromatic N) is 2. The van der Waals surface area contributed by atoms with Crippen molar-refractivity contribution in [2.24, 2.45) is 5.92 Å². The van der Waals surface area contributed by atoms with Crippen LogP contribution in [-0.2, 0) is 5.41 Å². The molecule has 3 aromatic rings. The second-order valence-corrected chi connectivity index (χ2v) is 10.4. The van der Waals surface area contributed by atoms with E-state index < -0.39 is 0 Å². The average Bonchev–Trinajstić information content (AvgIpc) is 3.08. The lowest BCUT2D eigenvalue weighted by Crippen LogP contribution is -2.32. The van der Waals surface area contributed by atoms with Gasteiger partial charge in [0.1, 0.15) is 5.82 Å². The molecule has 1 aliphatic heterocycles. The Hall–Kier alpha value is -2.17. The summed E-state index contributed by atoms with van der Waals surface area (Å²) in [5.41, 5.74) is 4.39. The molecule has 2 heterocycles. The van der Waals surface area contributed by atoms with Crippen LogP contribution in [-0.4, -0.2) is 21.3 Å². The van der Waals surface area contributed by atoms with Crippen molar-refractivity contribution in [2.75, 3.05) is 6.61 Å². The summed E-state index contributed by atoms with van der Waals surface area (Å²) in [5, 5.41) is 10.5. The number of hydrogen-bond acceptors (Lipinski definition) is 3. The van der Waals surface area contributed by atoms with Gasteiger partial charge < -0.3 is 5.11 Å². The van der Waals surface area contributed by atoms with Crippen molar-refractivity contribution in [3.05, 3.63) is 68.7 Å². The van der Waals surface area contributed by atoms with Gasteiger partial charge in [-0.1, -0.05) is 49.1 Å². The van der Waals surface area contributed by atoms with Crippen LogP contribution in [0.2, 0.25) is 5.02 Å². The first-order chi connectivity index (χ1) is 15.6. The van der Waals surface area contributed by atoms with E-state index >= 15 is 0 Å². The largest absolute Gasteiger partial charge is 0.396 e. The molecule has 0 bridgehead atoms. The Kier molecular flexibility index (Phi) is 4.92. The minimum absolute atomic E-state index is 0.179. The highest BCUT2D eigenvalue weighted by molar-refractivity contribution is 6.35. The van der Waals surface area contributed by atoms with Crippen molar-refractivity contribution in [1.82, 2.24) is 9.55 Å². The second kappa shape index (κ2) is 7.71. The molecule has 6 rings (SSSR count). The minimum atomic E-state index is -0.211. The van der Waals surface area contributed by atoms with Crippen molar-refractivity contribution in [1.29, 1.82) is 0 Å². The lowest BCUT2D eigenvalue weighted by Gasteiger charge is -2.34. The molecule has 32 heavy (non-hydrogen) atoms. The van der Waals surface area contributed by atoms with Crippen molar-refractivity contribution >= 4 is 22.5 Å². The van der Waals surface area contributed by atoms with Crippen molar-refractivity contribution < 1.29 is 5.11 Å². The molecule has 2 aliphatic carbocycles. The number of hydrogen-bond donors (Lipinski definition) is 1. The SMILES string of the molecule is O=c1nc2n(c3cccc(Cl)c13)-c1ccc(C3CCC(CO)CC3)cc1C21CCCCC1. The zero-order chi connectivity index (χ0) is 21.9. The third kappa shape index (κ3) is 2.92. The molecule has 1 N–H and O–H groups in total. The average molecular weight is 449 g/mol. The standard InChI is InChI=1S/C27H29ClN2O2/c28-21-5-4-6-23-24(21)25(32)29-26-27(13-2-1-3-14-27)20-15-19(11-12-22(20)30(23)26)18-9-7-17(16-31)8-10-18/h4-6,11-12,15,17-18,31H,1-3,7-10,13-14,16H2. The lowest BCUT2D eigenvalue weighted by molar-refractivity contribution is 0.182. The number of fused-ring (bicyclic) bond motifs is 7. The second-order valence-electron chi connectivity index (χ2n) is 10.0. The van der Waals surface area contributed by atoms with Gasteiger partial charge in [-0.05, 0) is 79.7 Å². The molecule has 0 atom stereocenters. The number of benzene rings is 2. The predicted octanol–water partition coefficient (Wildman–Crippen LogP) is 5.87. The number of halogens is 1. The van der Waals surface area contributed by atoms with Crippen LogP contribution in [0.5, 0.6) is 0 Å². The van der Waals surface area contributed by atoms with Gasteiger partial charge in [-0.25, -0.2) is 0 Å². The maximum atomic E-state index is 13.1. The topological polar surface area (TPSA) is 55.1 Å². The Balaban J connectivity index is 1.55. The van der Waals surface area contributed by atoms with Gasteiger partial charge in [-0.2, -0.15) is 4.98 Å². The fraction of sp³-hybridized carbons (Fsp3) is 0.481. The van der Waals surface area contributed by atoms with E-state index in [4.69, 9.17) is 16.6 Å². The minimum Gasteiger partial charge on any atom is -0.396 e. The Morgan fingerprint density at radius 2 is 1.84 bits per heavy atom. The molecule has 1 aromatic heterocycles. The van der Waals surface area contributed by atoms with Gasteiger partial charge in [0.2, 0.25) is 0 Å². The van der Waals surface area contributed by atoms with Gasteiger partial charge >= 0.3 is 0 Å². The zero-order valence-corrected chi connectivity index (χ0v) is 19.1. The van der Waals surface area contributed by atoms with E-state index in [1.165, 1.54) is 17.5 Å². The zero-order valence-electron chi connectivity index (χ0n) is 18.3. The molecule has 0 saturated heterocycles. The van der Waals surface area contributed by atoms with Gasteiger partial charge in [0.25, 0.3) is 5.56 Å². The summed E-state index contributed by atoms with van der Waals surface area (Å²) in [6, 6.07) is 12.7. The molecule has 0 unspecified atom stereocenters. The third-order valence-electron chi connectivity index (χ3n) is 8.35. The number of aromatic nitrogens is 2. The van der Waals surface area contributed by atoms with E-state index in [9.17, 15) is 9.90 Å². The van der Waals surface area contributed by atoms with Gasteiger partial charge in [0, 0.05) is 6.61 Å². The number of aliphatic hydroxyl groups is 1. The first-order valence-electron chi connectivity index (χ1n) is 12.1. The van der Waals surface area contributed by atoms with E-state index in [1.54, 1.807) is 6.07 Å². The van der Waals surface area contributed by atoms with Crippen LogP contribution >= 0.6 is 11.6 Å². The van der Waals surface area contributed by atoms with Crippen molar-refractivity contribution in [2.45, 2.75) is 69.1 Å². The van der Waals surface area contributed by atoms with E-state index in [0.29, 0.717) is 28.9 Å². The number of aliphatic hydroxyl groups excluding tert-OH is 1. The molecular weight excluding hydrogens is 420 g/mol. The summed E-state index contributed by atoms with van der Waals surface area (Å²) in [7, 11) is 0. The van der Waals surface area contributed by atoms with Gasteiger partial charge in [0.05, 0.1) is 27.0 Å². The third-order valence-corrected chi connectivity index (χ3v) is 8.67. The van der Waals surface area contributed by atoms with E-state index in [2.05, 4.69) is 22.8 Å². The molecule has 2 saturated carbocycles. The van der Waals surface area contributed by atoms with Crippen LogP contribution in [0.15, 0.2) is 41.2 Å². The normalized spacial score (nSPS) is 23.9. The summed E-state index contributed by atoms with van der Waals surface area (Å²) >= 11 is 6.45. The summed E-state index contributed by atoms with van der Waals surface area (Å²) < 4.78 is 2.22. The molecule has 0 radical (unpaired) electrons. The molecule has 0 amide bonds. The van der Waals surface area contributed by atoms with E-state index in [1.807, 2.05) is 12.1 Å². The molecule has 1 spiro atoms. The number of rotatable bonds is 2. The monoisotopic (exact) mass is 448 g/mol. The summed E-state index contributed by atoms with van der Waals surface area (Å²) in [5.74, 6) is 1.92. The first kappa shape index (κ1) is 20.4.